The van der Waals surface area contributed by atoms with E-state index < -0.39 is 0 Å². The average molecular weight is 199 g/mol. The van der Waals surface area contributed by atoms with E-state index in [1.54, 1.807) is 0 Å². The second-order valence-corrected chi connectivity index (χ2v) is 4.81. The van der Waals surface area contributed by atoms with E-state index in [4.69, 9.17) is 4.74 Å². The summed E-state index contributed by atoms with van der Waals surface area (Å²) in [6, 6.07) is 0.486. The van der Waals surface area contributed by atoms with Crippen molar-refractivity contribution in [3.63, 3.8) is 0 Å². The first kappa shape index (κ1) is 11.5. The van der Waals surface area contributed by atoms with Gasteiger partial charge in [0.1, 0.15) is 0 Å². The van der Waals surface area contributed by atoms with Gasteiger partial charge in [0.2, 0.25) is 0 Å². The number of hydrogen-bond acceptors (Lipinski definition) is 3. The Morgan fingerprint density at radius 3 is 2.43 bits per heavy atom. The van der Waals surface area contributed by atoms with Gasteiger partial charge in [-0.3, -0.25) is 9.69 Å². The van der Waals surface area contributed by atoms with E-state index in [-0.39, 0.29) is 17.4 Å². The number of methoxy groups -OCH3 is 1. The summed E-state index contributed by atoms with van der Waals surface area (Å²) in [4.78, 5) is 13.9. The smallest absolute Gasteiger partial charge is 0.310 e. The minimum atomic E-state index is -0.0712. The molecule has 0 aromatic rings. The molecule has 0 amide bonds. The molecular formula is C11H21NO2. The summed E-state index contributed by atoms with van der Waals surface area (Å²) < 4.78 is 4.83. The lowest BCUT2D eigenvalue weighted by molar-refractivity contribution is -0.148. The van der Waals surface area contributed by atoms with Crippen LogP contribution >= 0.6 is 0 Å². The van der Waals surface area contributed by atoms with Crippen molar-refractivity contribution in [2.75, 3.05) is 13.7 Å². The Bertz CT molecular complexity index is 223. The van der Waals surface area contributed by atoms with Crippen molar-refractivity contribution in [3.8, 4) is 0 Å². The van der Waals surface area contributed by atoms with Gasteiger partial charge in [0.05, 0.1) is 13.0 Å². The normalized spacial score (nSPS) is 26.9. The molecule has 0 spiro atoms. The maximum atomic E-state index is 11.5. The average Bonchev–Trinajstić information content (AvgIpc) is 2.39. The Balaban J connectivity index is 2.80. The summed E-state index contributed by atoms with van der Waals surface area (Å²) in [5.41, 5.74) is -0.0682. The Morgan fingerprint density at radius 1 is 1.50 bits per heavy atom. The fraction of sp³-hybridized carbons (Fsp3) is 0.909. The molecule has 82 valence electrons. The number of likely N-dealkylation sites (tertiary alicyclic amines) is 1. The molecule has 1 heterocycles. The fourth-order valence-electron chi connectivity index (χ4n) is 2.58. The van der Waals surface area contributed by atoms with Gasteiger partial charge in [-0.25, -0.2) is 0 Å². The van der Waals surface area contributed by atoms with Gasteiger partial charge in [0.15, 0.2) is 0 Å². The summed E-state index contributed by atoms with van der Waals surface area (Å²) >= 11 is 0. The van der Waals surface area contributed by atoms with E-state index in [9.17, 15) is 4.79 Å². The minimum Gasteiger partial charge on any atom is -0.469 e. The fourth-order valence-corrected chi connectivity index (χ4v) is 2.58. The second-order valence-electron chi connectivity index (χ2n) is 4.81. The van der Waals surface area contributed by atoms with Crippen molar-refractivity contribution in [1.29, 1.82) is 0 Å². The maximum absolute atomic E-state index is 11.5. The molecule has 0 aromatic heterocycles. The molecule has 0 N–H and O–H groups in total. The van der Waals surface area contributed by atoms with Crippen LogP contribution in [0.15, 0.2) is 0 Å². The number of carbonyl (C=O) groups excluding carboxylic acids is 1. The Hall–Kier alpha value is -0.570. The van der Waals surface area contributed by atoms with Crippen molar-refractivity contribution in [2.24, 2.45) is 5.92 Å². The Labute approximate surface area is 86.4 Å². The molecule has 1 aliphatic heterocycles. The van der Waals surface area contributed by atoms with E-state index in [1.165, 1.54) is 7.11 Å². The number of esters is 1. The number of hydrogen-bond donors (Lipinski definition) is 0. The molecule has 1 aliphatic rings. The first-order valence-electron chi connectivity index (χ1n) is 5.25. The molecule has 0 aliphatic carbocycles. The van der Waals surface area contributed by atoms with Gasteiger partial charge in [0, 0.05) is 11.6 Å². The van der Waals surface area contributed by atoms with Gasteiger partial charge in [-0.1, -0.05) is 0 Å². The van der Waals surface area contributed by atoms with E-state index in [0.29, 0.717) is 6.04 Å². The van der Waals surface area contributed by atoms with Gasteiger partial charge in [-0.15, -0.1) is 0 Å². The predicted octanol–water partition coefficient (Wildman–Crippen LogP) is 1.67. The highest BCUT2D eigenvalue weighted by molar-refractivity contribution is 5.74. The molecule has 3 heteroatoms. The lowest BCUT2D eigenvalue weighted by Gasteiger charge is -2.37. The van der Waals surface area contributed by atoms with Crippen molar-refractivity contribution in [1.82, 2.24) is 4.90 Å². The monoisotopic (exact) mass is 199 g/mol. The van der Waals surface area contributed by atoms with Crippen LogP contribution in [0.2, 0.25) is 0 Å². The van der Waals surface area contributed by atoms with Gasteiger partial charge >= 0.3 is 5.97 Å². The van der Waals surface area contributed by atoms with Crippen molar-refractivity contribution >= 4 is 5.97 Å². The van der Waals surface area contributed by atoms with E-state index in [1.807, 2.05) is 0 Å². The zero-order chi connectivity index (χ0) is 10.9. The first-order chi connectivity index (χ1) is 6.41. The van der Waals surface area contributed by atoms with Crippen LogP contribution in [-0.2, 0) is 9.53 Å². The van der Waals surface area contributed by atoms with Crippen molar-refractivity contribution < 1.29 is 9.53 Å². The van der Waals surface area contributed by atoms with Crippen molar-refractivity contribution in [2.45, 2.75) is 45.7 Å². The van der Waals surface area contributed by atoms with Crippen LogP contribution in [0.1, 0.15) is 34.1 Å². The first-order valence-corrected chi connectivity index (χ1v) is 5.25. The number of rotatable bonds is 2. The SMILES string of the molecule is COC(=O)C1CCN(C(C)C)C1(C)C. The molecule has 0 radical (unpaired) electrons. The highest BCUT2D eigenvalue weighted by atomic mass is 16.5. The van der Waals surface area contributed by atoms with Crippen LogP contribution < -0.4 is 0 Å². The van der Waals surface area contributed by atoms with Crippen LogP contribution in [0.3, 0.4) is 0 Å². The molecular weight excluding hydrogens is 178 g/mol. The Morgan fingerprint density at radius 2 is 2.07 bits per heavy atom. The van der Waals surface area contributed by atoms with Gasteiger partial charge < -0.3 is 4.74 Å². The van der Waals surface area contributed by atoms with Gasteiger partial charge in [0.25, 0.3) is 0 Å². The molecule has 14 heavy (non-hydrogen) atoms. The number of nitrogens with zero attached hydrogens (tertiary/aromatic N) is 1. The van der Waals surface area contributed by atoms with E-state index >= 15 is 0 Å². The molecule has 1 atom stereocenters. The second kappa shape index (κ2) is 3.89. The molecule has 0 aromatic carbocycles. The minimum absolute atomic E-state index is 0.0231. The third-order valence-corrected chi connectivity index (χ3v) is 3.36. The molecule has 1 unspecified atom stereocenters. The lowest BCUT2D eigenvalue weighted by Crippen LogP contribution is -2.48. The third kappa shape index (κ3) is 1.78. The van der Waals surface area contributed by atoms with E-state index in [0.717, 1.165) is 13.0 Å². The van der Waals surface area contributed by atoms with Crippen LogP contribution in [0.25, 0.3) is 0 Å². The predicted molar refractivity (Wildman–Crippen MR) is 56.0 cm³/mol. The van der Waals surface area contributed by atoms with Crippen LogP contribution in [-0.4, -0.2) is 36.1 Å². The number of ether oxygens (including phenoxy) is 1. The highest BCUT2D eigenvalue weighted by Crippen LogP contribution is 2.36. The van der Waals surface area contributed by atoms with Crippen molar-refractivity contribution in [3.05, 3.63) is 0 Å². The van der Waals surface area contributed by atoms with Crippen LogP contribution in [0.5, 0.6) is 0 Å². The van der Waals surface area contributed by atoms with E-state index in [2.05, 4.69) is 32.6 Å². The summed E-state index contributed by atoms with van der Waals surface area (Å²) in [5.74, 6) is -0.0481. The van der Waals surface area contributed by atoms with Crippen LogP contribution in [0.4, 0.5) is 0 Å². The topological polar surface area (TPSA) is 29.5 Å². The molecule has 0 saturated carbocycles. The molecule has 0 bridgehead atoms. The van der Waals surface area contributed by atoms with Gasteiger partial charge in [-0.05, 0) is 40.7 Å². The summed E-state index contributed by atoms with van der Waals surface area (Å²) in [6.07, 6.45) is 0.915. The lowest BCUT2D eigenvalue weighted by atomic mass is 9.88. The zero-order valence-electron chi connectivity index (χ0n) is 9.83. The van der Waals surface area contributed by atoms with Gasteiger partial charge in [-0.2, -0.15) is 0 Å². The molecule has 3 nitrogen and oxygen atoms in total. The zero-order valence-corrected chi connectivity index (χ0v) is 9.83. The Kier molecular flexibility index (Phi) is 3.20. The van der Waals surface area contributed by atoms with Crippen LogP contribution in [0, 0.1) is 5.92 Å². The standard InChI is InChI=1S/C11H21NO2/c1-8(2)12-7-6-9(10(13)14-5)11(12,3)4/h8-9H,6-7H2,1-5H3. The molecule has 1 saturated heterocycles. The largest absolute Gasteiger partial charge is 0.469 e. The number of carbonyl (C=O) groups is 1. The summed E-state index contributed by atoms with van der Waals surface area (Å²) in [7, 11) is 1.47. The maximum Gasteiger partial charge on any atom is 0.310 e. The highest BCUT2D eigenvalue weighted by Gasteiger charge is 2.46. The quantitative estimate of drug-likeness (QED) is 0.634. The molecule has 1 fully saturated rings. The molecule has 1 rings (SSSR count). The summed E-state index contributed by atoms with van der Waals surface area (Å²) in [5, 5.41) is 0. The summed E-state index contributed by atoms with van der Waals surface area (Å²) in [6.45, 7) is 9.58. The third-order valence-electron chi connectivity index (χ3n) is 3.36.